The topological polar surface area (TPSA) is 54.9 Å². The Bertz CT molecular complexity index is 652. The molecule has 22 heavy (non-hydrogen) atoms. The van der Waals surface area contributed by atoms with E-state index in [-0.39, 0.29) is 17.6 Å². The van der Waals surface area contributed by atoms with Crippen LogP contribution in [0.3, 0.4) is 0 Å². The predicted octanol–water partition coefficient (Wildman–Crippen LogP) is 3.36. The van der Waals surface area contributed by atoms with Crippen molar-refractivity contribution in [2.24, 2.45) is 0 Å². The lowest BCUT2D eigenvalue weighted by Crippen LogP contribution is -2.24. The van der Waals surface area contributed by atoms with Gasteiger partial charge in [-0.05, 0) is 36.5 Å². The van der Waals surface area contributed by atoms with Crippen LogP contribution in [-0.4, -0.2) is 16.1 Å². The van der Waals surface area contributed by atoms with Gasteiger partial charge >= 0.3 is 0 Å². The molecule has 1 aliphatic rings. The summed E-state index contributed by atoms with van der Waals surface area (Å²) in [5, 5.41) is 13.1. The number of hydrogen-bond donors (Lipinski definition) is 1. The average molecular weight is 319 g/mol. The fourth-order valence-corrected chi connectivity index (χ4v) is 3.22. The lowest BCUT2D eigenvalue weighted by molar-refractivity contribution is -0.121. The molecule has 2 aromatic rings. The molecule has 1 heterocycles. The van der Waals surface area contributed by atoms with Crippen LogP contribution in [0.4, 0.5) is 4.39 Å². The number of nitrogens with zero attached hydrogens (tertiary/aromatic N) is 2. The van der Waals surface area contributed by atoms with Gasteiger partial charge in [0.1, 0.15) is 15.8 Å². The molecule has 1 aromatic carbocycles. The smallest absolute Gasteiger partial charge is 0.220 e. The van der Waals surface area contributed by atoms with E-state index in [1.807, 2.05) is 6.92 Å². The van der Waals surface area contributed by atoms with E-state index >= 15 is 0 Å². The van der Waals surface area contributed by atoms with E-state index < -0.39 is 0 Å². The van der Waals surface area contributed by atoms with Gasteiger partial charge in [0.2, 0.25) is 5.91 Å². The third-order valence-corrected chi connectivity index (χ3v) is 4.86. The fraction of sp³-hybridized carbons (Fsp3) is 0.438. The summed E-state index contributed by atoms with van der Waals surface area (Å²) in [5.74, 6) is 0.362. The fourth-order valence-electron chi connectivity index (χ4n) is 2.27. The van der Waals surface area contributed by atoms with Crippen molar-refractivity contribution in [1.82, 2.24) is 15.5 Å². The van der Waals surface area contributed by atoms with Crippen LogP contribution >= 0.6 is 11.3 Å². The van der Waals surface area contributed by atoms with Crippen LogP contribution in [-0.2, 0) is 11.3 Å². The van der Waals surface area contributed by atoms with Gasteiger partial charge in [0, 0.05) is 12.3 Å². The minimum absolute atomic E-state index is 0.0278. The molecule has 0 spiro atoms. The van der Waals surface area contributed by atoms with Crippen molar-refractivity contribution in [3.05, 3.63) is 45.7 Å². The Hall–Kier alpha value is -1.82. The van der Waals surface area contributed by atoms with E-state index in [4.69, 9.17) is 0 Å². The maximum atomic E-state index is 12.9. The number of rotatable bonds is 6. The maximum absolute atomic E-state index is 12.9. The second kappa shape index (κ2) is 6.52. The van der Waals surface area contributed by atoms with E-state index in [1.165, 1.54) is 25.0 Å². The number of nitrogens with one attached hydrogen (secondary N) is 1. The molecule has 1 N–H and O–H groups in total. The molecular formula is C16H18FN3OS. The van der Waals surface area contributed by atoms with Crippen LogP contribution in [0.15, 0.2) is 24.3 Å². The second-order valence-corrected chi connectivity index (χ2v) is 6.84. The number of amides is 1. The summed E-state index contributed by atoms with van der Waals surface area (Å²) in [5.41, 5.74) is 0.962. The minimum Gasteiger partial charge on any atom is -0.349 e. The van der Waals surface area contributed by atoms with E-state index in [0.29, 0.717) is 18.9 Å². The number of carbonyl (C=O) groups is 1. The molecular weight excluding hydrogens is 301 g/mol. The third kappa shape index (κ3) is 3.88. The highest BCUT2D eigenvalue weighted by Crippen LogP contribution is 2.41. The Kier molecular flexibility index (Phi) is 4.47. The van der Waals surface area contributed by atoms with Gasteiger partial charge in [0.05, 0.1) is 6.54 Å². The zero-order valence-electron chi connectivity index (χ0n) is 12.4. The van der Waals surface area contributed by atoms with E-state index in [2.05, 4.69) is 15.5 Å². The summed E-state index contributed by atoms with van der Waals surface area (Å²) in [6, 6.07) is 6.29. The first-order valence-electron chi connectivity index (χ1n) is 7.46. The lowest BCUT2D eigenvalue weighted by Gasteiger charge is -2.11. The number of carbonyl (C=O) groups excluding carboxylic acids is 1. The van der Waals surface area contributed by atoms with Crippen molar-refractivity contribution in [2.45, 2.75) is 44.6 Å². The summed E-state index contributed by atoms with van der Waals surface area (Å²) in [6.45, 7) is 2.39. The molecule has 0 bridgehead atoms. The molecule has 1 aromatic heterocycles. The highest BCUT2D eigenvalue weighted by molar-refractivity contribution is 7.11. The Morgan fingerprint density at radius 2 is 2.09 bits per heavy atom. The molecule has 4 nitrogen and oxygen atoms in total. The molecule has 0 radical (unpaired) electrons. The number of halogens is 1. The van der Waals surface area contributed by atoms with Crippen molar-refractivity contribution in [3.63, 3.8) is 0 Å². The van der Waals surface area contributed by atoms with Crippen LogP contribution in [0.25, 0.3) is 0 Å². The normalized spacial score (nSPS) is 15.5. The van der Waals surface area contributed by atoms with Gasteiger partial charge in [-0.25, -0.2) is 4.39 Å². The van der Waals surface area contributed by atoms with E-state index in [0.717, 1.165) is 15.6 Å². The van der Waals surface area contributed by atoms with Crippen LogP contribution in [0.5, 0.6) is 0 Å². The summed E-state index contributed by atoms with van der Waals surface area (Å²) in [7, 11) is 0. The lowest BCUT2D eigenvalue weighted by atomic mass is 9.97. The Morgan fingerprint density at radius 3 is 2.77 bits per heavy atom. The zero-order chi connectivity index (χ0) is 15.5. The van der Waals surface area contributed by atoms with Crippen molar-refractivity contribution >= 4 is 17.2 Å². The summed E-state index contributed by atoms with van der Waals surface area (Å²) in [6.07, 6.45) is 2.78. The summed E-state index contributed by atoms with van der Waals surface area (Å²) in [4.78, 5) is 12.0. The predicted molar refractivity (Wildman–Crippen MR) is 83.2 cm³/mol. The van der Waals surface area contributed by atoms with Crippen molar-refractivity contribution in [3.8, 4) is 0 Å². The average Bonchev–Trinajstić information content (AvgIpc) is 3.25. The van der Waals surface area contributed by atoms with Gasteiger partial charge in [-0.1, -0.05) is 30.4 Å². The molecule has 3 rings (SSSR count). The SMILES string of the molecule is C[C@@H](CC(=O)NCc1nnc(C2CC2)s1)c1ccc(F)cc1. The highest BCUT2D eigenvalue weighted by Gasteiger charge is 2.27. The summed E-state index contributed by atoms with van der Waals surface area (Å²) >= 11 is 1.58. The molecule has 1 amide bonds. The second-order valence-electron chi connectivity index (χ2n) is 5.74. The number of hydrogen-bond acceptors (Lipinski definition) is 4. The monoisotopic (exact) mass is 319 g/mol. The number of benzene rings is 1. The molecule has 0 unspecified atom stereocenters. The molecule has 1 atom stereocenters. The molecule has 1 saturated carbocycles. The molecule has 116 valence electrons. The Labute approximate surface area is 132 Å². The van der Waals surface area contributed by atoms with E-state index in [9.17, 15) is 9.18 Å². The molecule has 0 saturated heterocycles. The summed E-state index contributed by atoms with van der Waals surface area (Å²) < 4.78 is 12.9. The highest BCUT2D eigenvalue weighted by atomic mass is 32.1. The van der Waals surface area contributed by atoms with Gasteiger partial charge in [-0.2, -0.15) is 0 Å². The molecule has 1 aliphatic carbocycles. The minimum atomic E-state index is -0.261. The van der Waals surface area contributed by atoms with Gasteiger partial charge in [0.15, 0.2) is 0 Å². The zero-order valence-corrected chi connectivity index (χ0v) is 13.2. The molecule has 6 heteroatoms. The van der Waals surface area contributed by atoms with Crippen LogP contribution < -0.4 is 5.32 Å². The largest absolute Gasteiger partial charge is 0.349 e. The van der Waals surface area contributed by atoms with Crippen molar-refractivity contribution in [1.29, 1.82) is 0 Å². The van der Waals surface area contributed by atoms with Crippen molar-refractivity contribution < 1.29 is 9.18 Å². The standard InChI is InChI=1S/C16H18FN3OS/c1-10(11-4-6-13(17)7-5-11)8-14(21)18-9-15-19-20-16(22-15)12-2-3-12/h4-7,10,12H,2-3,8-9H2,1H3,(H,18,21)/t10-/m0/s1. The van der Waals surface area contributed by atoms with Gasteiger partial charge in [0.25, 0.3) is 0 Å². The third-order valence-electron chi connectivity index (χ3n) is 3.78. The van der Waals surface area contributed by atoms with Gasteiger partial charge in [-0.15, -0.1) is 10.2 Å². The first-order valence-corrected chi connectivity index (χ1v) is 8.28. The first kappa shape index (κ1) is 15.1. The molecule has 0 aliphatic heterocycles. The van der Waals surface area contributed by atoms with Gasteiger partial charge < -0.3 is 5.32 Å². The first-order chi connectivity index (χ1) is 10.6. The van der Waals surface area contributed by atoms with Crippen LogP contribution in [0, 0.1) is 5.82 Å². The maximum Gasteiger partial charge on any atom is 0.220 e. The Morgan fingerprint density at radius 1 is 1.36 bits per heavy atom. The Balaban J connectivity index is 1.47. The number of aromatic nitrogens is 2. The van der Waals surface area contributed by atoms with Crippen molar-refractivity contribution in [2.75, 3.05) is 0 Å². The molecule has 1 fully saturated rings. The van der Waals surface area contributed by atoms with Crippen LogP contribution in [0.2, 0.25) is 0 Å². The van der Waals surface area contributed by atoms with Gasteiger partial charge in [-0.3, -0.25) is 4.79 Å². The quantitative estimate of drug-likeness (QED) is 0.888. The van der Waals surface area contributed by atoms with E-state index in [1.54, 1.807) is 23.5 Å². The van der Waals surface area contributed by atoms with Crippen LogP contribution in [0.1, 0.15) is 53.6 Å².